The molecule has 1 N–H and O–H groups in total. The second-order valence-electron chi connectivity index (χ2n) is 7.78. The van der Waals surface area contributed by atoms with Crippen molar-refractivity contribution in [1.29, 1.82) is 0 Å². The molecule has 0 aromatic rings. The summed E-state index contributed by atoms with van der Waals surface area (Å²) in [5.74, 6) is 3.27. The first kappa shape index (κ1) is 26.0. The van der Waals surface area contributed by atoms with Crippen molar-refractivity contribution in [2.45, 2.75) is 71.6 Å². The van der Waals surface area contributed by atoms with E-state index in [1.807, 2.05) is 0 Å². The Labute approximate surface area is 169 Å². The lowest BCUT2D eigenvalue weighted by molar-refractivity contribution is -0.754. The summed E-state index contributed by atoms with van der Waals surface area (Å²) in [4.78, 5) is 50.0. The molecular weight excluding hydrogens is 388 g/mol. The fourth-order valence-electron chi connectivity index (χ4n) is 1.71. The standard InChI is InChI=1S/C18H28N2O9/c1-17(2,3)28-15(22)13(19-16(23)29-18(4,5)6)9-10-14(21)26-11-7-8-12-27-20(24)25/h13H,9-12H2,1-6H3,(H,19,23)/t13-/m0/s1. The molecule has 0 bridgehead atoms. The van der Waals surface area contributed by atoms with Gasteiger partial charge in [-0.25, -0.2) is 9.59 Å². The molecule has 29 heavy (non-hydrogen) atoms. The first-order chi connectivity index (χ1) is 13.2. The highest BCUT2D eigenvalue weighted by atomic mass is 16.9. The Hall–Kier alpha value is -3.03. The number of nitrogens with one attached hydrogen (secondary N) is 1. The summed E-state index contributed by atoms with van der Waals surface area (Å²) in [6.07, 6.45) is -1.10. The van der Waals surface area contributed by atoms with E-state index in [2.05, 4.69) is 22.0 Å². The monoisotopic (exact) mass is 416 g/mol. The maximum Gasteiger partial charge on any atom is 0.408 e. The minimum Gasteiger partial charge on any atom is -0.458 e. The third kappa shape index (κ3) is 15.7. The summed E-state index contributed by atoms with van der Waals surface area (Å²) >= 11 is 0. The summed E-state index contributed by atoms with van der Waals surface area (Å²) in [5, 5.41) is 11.3. The number of alkyl carbamates (subject to hydrolysis) is 1. The van der Waals surface area contributed by atoms with Gasteiger partial charge < -0.3 is 24.4 Å². The molecule has 0 aromatic carbocycles. The molecule has 0 radical (unpaired) electrons. The van der Waals surface area contributed by atoms with Gasteiger partial charge in [0.1, 0.15) is 17.2 Å². The first-order valence-corrected chi connectivity index (χ1v) is 8.80. The zero-order valence-electron chi connectivity index (χ0n) is 17.5. The van der Waals surface area contributed by atoms with Crippen LogP contribution in [-0.4, -0.2) is 53.6 Å². The highest BCUT2D eigenvalue weighted by Gasteiger charge is 2.29. The van der Waals surface area contributed by atoms with Gasteiger partial charge in [-0.05, 0) is 48.0 Å². The van der Waals surface area contributed by atoms with E-state index in [4.69, 9.17) is 14.2 Å². The topological polar surface area (TPSA) is 143 Å². The van der Waals surface area contributed by atoms with E-state index < -0.39 is 47.0 Å². The van der Waals surface area contributed by atoms with E-state index in [0.29, 0.717) is 0 Å². The van der Waals surface area contributed by atoms with Crippen LogP contribution in [-0.2, 0) is 28.6 Å². The molecule has 0 aliphatic carbocycles. The molecule has 1 atom stereocenters. The third-order valence-electron chi connectivity index (χ3n) is 2.69. The van der Waals surface area contributed by atoms with Crippen LogP contribution in [0.4, 0.5) is 4.79 Å². The second kappa shape index (κ2) is 11.7. The zero-order valence-corrected chi connectivity index (χ0v) is 17.5. The fourth-order valence-corrected chi connectivity index (χ4v) is 1.71. The lowest BCUT2D eigenvalue weighted by Crippen LogP contribution is -2.46. The van der Waals surface area contributed by atoms with Crippen molar-refractivity contribution < 1.29 is 38.5 Å². The molecule has 11 heteroatoms. The minimum absolute atomic E-state index is 0.0785. The summed E-state index contributed by atoms with van der Waals surface area (Å²) in [5.41, 5.74) is -1.55. The Kier molecular flexibility index (Phi) is 10.5. The van der Waals surface area contributed by atoms with Crippen molar-refractivity contribution in [3.05, 3.63) is 10.1 Å². The number of carbonyl (C=O) groups excluding carboxylic acids is 3. The Morgan fingerprint density at radius 2 is 1.55 bits per heavy atom. The van der Waals surface area contributed by atoms with Crippen LogP contribution < -0.4 is 5.32 Å². The Balaban J connectivity index is 4.70. The quantitative estimate of drug-likeness (QED) is 0.206. The molecule has 164 valence electrons. The molecule has 0 aromatic heterocycles. The number of rotatable bonds is 8. The van der Waals surface area contributed by atoms with Crippen molar-refractivity contribution in [2.24, 2.45) is 0 Å². The normalized spacial score (nSPS) is 11.9. The predicted molar refractivity (Wildman–Crippen MR) is 99.9 cm³/mol. The van der Waals surface area contributed by atoms with Crippen molar-refractivity contribution in [1.82, 2.24) is 5.32 Å². The Bertz CT molecular complexity index is 651. The highest BCUT2D eigenvalue weighted by Crippen LogP contribution is 2.13. The van der Waals surface area contributed by atoms with Crippen molar-refractivity contribution in [2.75, 3.05) is 13.2 Å². The van der Waals surface area contributed by atoms with Gasteiger partial charge in [-0.2, -0.15) is 0 Å². The van der Waals surface area contributed by atoms with Crippen molar-refractivity contribution in [3.8, 4) is 11.8 Å². The number of nitrogens with zero attached hydrogens (tertiary/aromatic N) is 1. The van der Waals surface area contributed by atoms with Gasteiger partial charge in [0.25, 0.3) is 5.09 Å². The molecule has 0 fully saturated rings. The first-order valence-electron chi connectivity index (χ1n) is 8.80. The van der Waals surface area contributed by atoms with E-state index in [1.54, 1.807) is 41.5 Å². The van der Waals surface area contributed by atoms with Gasteiger partial charge in [0, 0.05) is 6.42 Å². The molecule has 0 aliphatic rings. The fraction of sp³-hybridized carbons (Fsp3) is 0.722. The van der Waals surface area contributed by atoms with E-state index in [-0.39, 0.29) is 19.4 Å². The van der Waals surface area contributed by atoms with E-state index in [1.165, 1.54) is 0 Å². The van der Waals surface area contributed by atoms with Crippen LogP contribution in [0, 0.1) is 22.0 Å². The summed E-state index contributed by atoms with van der Waals surface area (Å²) < 4.78 is 15.2. The molecule has 1 amide bonds. The largest absolute Gasteiger partial charge is 0.458 e. The average molecular weight is 416 g/mol. The molecule has 0 aliphatic heterocycles. The van der Waals surface area contributed by atoms with Crippen molar-refractivity contribution >= 4 is 18.0 Å². The number of ether oxygens (including phenoxy) is 3. The number of esters is 2. The average Bonchev–Trinajstić information content (AvgIpc) is 2.50. The van der Waals surface area contributed by atoms with Crippen LogP contribution in [0.15, 0.2) is 0 Å². The van der Waals surface area contributed by atoms with E-state index in [0.717, 1.165) is 0 Å². The van der Waals surface area contributed by atoms with Gasteiger partial charge in [0.05, 0.1) is 0 Å². The lowest BCUT2D eigenvalue weighted by Gasteiger charge is -2.26. The Morgan fingerprint density at radius 3 is 2.07 bits per heavy atom. The van der Waals surface area contributed by atoms with E-state index >= 15 is 0 Å². The van der Waals surface area contributed by atoms with Crippen LogP contribution in [0.2, 0.25) is 0 Å². The Morgan fingerprint density at radius 1 is 1.00 bits per heavy atom. The van der Waals surface area contributed by atoms with Crippen LogP contribution in [0.25, 0.3) is 0 Å². The smallest absolute Gasteiger partial charge is 0.408 e. The molecule has 0 heterocycles. The third-order valence-corrected chi connectivity index (χ3v) is 2.69. The zero-order chi connectivity index (χ0) is 22.7. The number of hydrogen-bond donors (Lipinski definition) is 1. The number of carbonyl (C=O) groups is 3. The van der Waals surface area contributed by atoms with Gasteiger partial charge in [0.2, 0.25) is 0 Å². The van der Waals surface area contributed by atoms with Crippen LogP contribution in [0.5, 0.6) is 0 Å². The molecule has 0 saturated heterocycles. The van der Waals surface area contributed by atoms with Gasteiger partial charge in [-0.15, -0.1) is 10.1 Å². The molecule has 0 saturated carbocycles. The van der Waals surface area contributed by atoms with Crippen LogP contribution >= 0.6 is 0 Å². The number of hydrogen-bond acceptors (Lipinski definition) is 9. The lowest BCUT2D eigenvalue weighted by atomic mass is 10.1. The van der Waals surface area contributed by atoms with Gasteiger partial charge in [0.15, 0.2) is 13.2 Å². The minimum atomic E-state index is -1.11. The molecule has 0 unspecified atom stereocenters. The number of amides is 1. The maximum absolute atomic E-state index is 12.3. The molecular formula is C18H28N2O9. The van der Waals surface area contributed by atoms with E-state index in [9.17, 15) is 24.5 Å². The van der Waals surface area contributed by atoms with Gasteiger partial charge >= 0.3 is 18.0 Å². The van der Waals surface area contributed by atoms with Gasteiger partial charge in [-0.3, -0.25) is 4.79 Å². The summed E-state index contributed by atoms with van der Waals surface area (Å²) in [6.45, 7) is 9.29. The molecule has 11 nitrogen and oxygen atoms in total. The molecule has 0 spiro atoms. The summed E-state index contributed by atoms with van der Waals surface area (Å²) in [7, 11) is 0. The molecule has 0 rings (SSSR count). The van der Waals surface area contributed by atoms with Gasteiger partial charge in [-0.1, -0.05) is 11.8 Å². The van der Waals surface area contributed by atoms with Crippen LogP contribution in [0.3, 0.4) is 0 Å². The van der Waals surface area contributed by atoms with Crippen LogP contribution in [0.1, 0.15) is 54.4 Å². The SMILES string of the molecule is CC(C)(C)OC(=O)N[C@@H](CCC(=O)OCC#CCO[N+](=O)[O-])C(=O)OC(C)(C)C. The maximum atomic E-state index is 12.3. The van der Waals surface area contributed by atoms with Crippen molar-refractivity contribution in [3.63, 3.8) is 0 Å². The highest BCUT2D eigenvalue weighted by molar-refractivity contribution is 5.82. The second-order valence-corrected chi connectivity index (χ2v) is 7.78. The predicted octanol–water partition coefficient (Wildman–Crippen LogP) is 1.76. The summed E-state index contributed by atoms with van der Waals surface area (Å²) in [6, 6.07) is -1.11.